The number of sulfonamides is 1. The Bertz CT molecular complexity index is 941. The second kappa shape index (κ2) is 6.60. The van der Waals surface area contributed by atoms with E-state index in [0.29, 0.717) is 11.3 Å². The maximum absolute atomic E-state index is 12.5. The van der Waals surface area contributed by atoms with E-state index in [0.717, 1.165) is 0 Å². The first-order chi connectivity index (χ1) is 11.6. The average molecular weight is 344 g/mol. The second-order valence-corrected chi connectivity index (χ2v) is 6.30. The zero-order valence-electron chi connectivity index (χ0n) is 12.2. The summed E-state index contributed by atoms with van der Waals surface area (Å²) in [6.07, 6.45) is 2.84. The molecule has 0 aliphatic rings. The summed E-state index contributed by atoms with van der Waals surface area (Å²) in [5, 5.41) is 3.57. The largest absolute Gasteiger partial charge is 0.356 e. The van der Waals surface area contributed by atoms with Crippen LogP contribution in [-0.4, -0.2) is 24.5 Å². The molecule has 1 amide bonds. The van der Waals surface area contributed by atoms with Gasteiger partial charge in [0.1, 0.15) is 5.69 Å². The number of amides is 1. The van der Waals surface area contributed by atoms with E-state index >= 15 is 0 Å². The molecule has 0 atom stereocenters. The van der Waals surface area contributed by atoms with E-state index in [-0.39, 0.29) is 10.6 Å². The summed E-state index contributed by atoms with van der Waals surface area (Å²) in [6.45, 7) is 0. The van der Waals surface area contributed by atoms with Crippen LogP contribution in [0.5, 0.6) is 0 Å². The smallest absolute Gasteiger partial charge is 0.284 e. The highest BCUT2D eigenvalue weighted by Gasteiger charge is 2.21. The normalized spacial score (nSPS) is 11.2. The summed E-state index contributed by atoms with van der Waals surface area (Å²) in [7, 11) is -4.02. The Hall–Kier alpha value is -3.04. The van der Waals surface area contributed by atoms with Gasteiger partial charge in [0, 0.05) is 17.8 Å². The lowest BCUT2D eigenvalue weighted by atomic mass is 10.2. The number of hydrazine groups is 1. The maximum atomic E-state index is 12.5. The Morgan fingerprint density at radius 1 is 1.00 bits per heavy atom. The number of pyridine rings is 1. The summed E-state index contributed by atoms with van der Waals surface area (Å²) >= 11 is 0. The molecule has 8 nitrogen and oxygen atoms in total. The van der Waals surface area contributed by atoms with Crippen molar-refractivity contribution in [3.63, 3.8) is 0 Å². The van der Waals surface area contributed by atoms with Crippen molar-refractivity contribution in [1.82, 2.24) is 20.4 Å². The van der Waals surface area contributed by atoms with Crippen molar-refractivity contribution in [2.75, 3.05) is 0 Å². The fourth-order valence-corrected chi connectivity index (χ4v) is 3.04. The predicted molar refractivity (Wildman–Crippen MR) is 84.0 cm³/mol. The zero-order chi connectivity index (χ0) is 17.0. The standard InChI is InChI=1S/C15H12N4O4S/c20-15(12-6-3-4-9-16-12)18-19-24(21,22)14-7-2-1-5-11(14)13-8-10-17-23-13/h1-10,19H,(H,18,20). The number of carbonyl (C=O) groups excluding carboxylic acids is 1. The van der Waals surface area contributed by atoms with Crippen LogP contribution in [0.2, 0.25) is 0 Å². The highest BCUT2D eigenvalue weighted by atomic mass is 32.2. The lowest BCUT2D eigenvalue weighted by molar-refractivity contribution is 0.0940. The molecule has 0 fully saturated rings. The third-order valence-corrected chi connectivity index (χ3v) is 4.38. The van der Waals surface area contributed by atoms with Gasteiger partial charge in [-0.15, -0.1) is 4.83 Å². The first-order valence-electron chi connectivity index (χ1n) is 6.81. The molecule has 0 saturated heterocycles. The number of benzene rings is 1. The Kier molecular flexibility index (Phi) is 4.36. The molecule has 0 radical (unpaired) electrons. The van der Waals surface area contributed by atoms with Gasteiger partial charge in [0.05, 0.1) is 11.1 Å². The molecule has 0 aliphatic heterocycles. The first-order valence-corrected chi connectivity index (χ1v) is 8.29. The molecule has 0 saturated carbocycles. The number of hydrogen-bond acceptors (Lipinski definition) is 6. The molecule has 0 aliphatic carbocycles. The number of hydrogen-bond donors (Lipinski definition) is 2. The van der Waals surface area contributed by atoms with Gasteiger partial charge >= 0.3 is 0 Å². The minimum atomic E-state index is -4.02. The van der Waals surface area contributed by atoms with Gasteiger partial charge < -0.3 is 4.52 Å². The molecule has 0 unspecified atom stereocenters. The number of carbonyl (C=O) groups is 1. The van der Waals surface area contributed by atoms with Crippen LogP contribution in [0, 0.1) is 0 Å². The molecule has 2 N–H and O–H groups in total. The summed E-state index contributed by atoms with van der Waals surface area (Å²) in [6, 6.07) is 12.5. The fourth-order valence-electron chi connectivity index (χ4n) is 1.99. The Labute approximate surface area is 137 Å². The lowest BCUT2D eigenvalue weighted by Gasteiger charge is -2.10. The van der Waals surface area contributed by atoms with Gasteiger partial charge in [0.2, 0.25) is 0 Å². The predicted octanol–water partition coefficient (Wildman–Crippen LogP) is 1.36. The van der Waals surface area contributed by atoms with Gasteiger partial charge in [0.25, 0.3) is 15.9 Å². The molecule has 1 aromatic carbocycles. The van der Waals surface area contributed by atoms with E-state index in [1.165, 1.54) is 24.5 Å². The van der Waals surface area contributed by atoms with Gasteiger partial charge in [0.15, 0.2) is 5.76 Å². The molecule has 2 heterocycles. The van der Waals surface area contributed by atoms with Crippen LogP contribution in [0.25, 0.3) is 11.3 Å². The van der Waals surface area contributed by atoms with Crippen LogP contribution in [0.15, 0.2) is 70.3 Å². The number of aromatic nitrogens is 2. The third-order valence-electron chi connectivity index (χ3n) is 3.08. The molecule has 24 heavy (non-hydrogen) atoms. The van der Waals surface area contributed by atoms with E-state index in [2.05, 4.69) is 15.6 Å². The van der Waals surface area contributed by atoms with E-state index in [4.69, 9.17) is 4.52 Å². The van der Waals surface area contributed by atoms with Crippen molar-refractivity contribution in [3.8, 4) is 11.3 Å². The topological polar surface area (TPSA) is 114 Å². The molecule has 0 spiro atoms. The molecular formula is C15H12N4O4S. The quantitative estimate of drug-likeness (QED) is 0.676. The Morgan fingerprint density at radius 3 is 2.50 bits per heavy atom. The van der Waals surface area contributed by atoms with Crippen molar-refractivity contribution < 1.29 is 17.7 Å². The average Bonchev–Trinajstić information content (AvgIpc) is 3.15. The van der Waals surface area contributed by atoms with Crippen LogP contribution in [0.3, 0.4) is 0 Å². The third kappa shape index (κ3) is 3.31. The number of nitrogens with one attached hydrogen (secondary N) is 2. The second-order valence-electron chi connectivity index (χ2n) is 4.65. The molecule has 9 heteroatoms. The van der Waals surface area contributed by atoms with Crippen LogP contribution in [0.4, 0.5) is 0 Å². The molecule has 122 valence electrons. The van der Waals surface area contributed by atoms with Crippen molar-refractivity contribution in [3.05, 3.63) is 66.6 Å². The van der Waals surface area contributed by atoms with Crippen molar-refractivity contribution >= 4 is 15.9 Å². The fraction of sp³-hybridized carbons (Fsp3) is 0. The Morgan fingerprint density at radius 2 is 1.79 bits per heavy atom. The minimum Gasteiger partial charge on any atom is -0.356 e. The molecule has 2 aromatic heterocycles. The molecule has 3 aromatic rings. The molecular weight excluding hydrogens is 332 g/mol. The maximum Gasteiger partial charge on any atom is 0.284 e. The van der Waals surface area contributed by atoms with E-state index in [9.17, 15) is 13.2 Å². The summed E-state index contributed by atoms with van der Waals surface area (Å²) < 4.78 is 30.0. The summed E-state index contributed by atoms with van der Waals surface area (Å²) in [4.78, 5) is 17.7. The van der Waals surface area contributed by atoms with Crippen LogP contribution in [-0.2, 0) is 10.0 Å². The Balaban J connectivity index is 1.83. The van der Waals surface area contributed by atoms with Crippen LogP contribution >= 0.6 is 0 Å². The summed E-state index contributed by atoms with van der Waals surface area (Å²) in [5.41, 5.74) is 2.54. The number of nitrogens with zero attached hydrogens (tertiary/aromatic N) is 2. The van der Waals surface area contributed by atoms with Crippen molar-refractivity contribution in [2.45, 2.75) is 4.90 Å². The van der Waals surface area contributed by atoms with E-state index < -0.39 is 15.9 Å². The van der Waals surface area contributed by atoms with Gasteiger partial charge in [-0.05, 0) is 24.3 Å². The highest BCUT2D eigenvalue weighted by molar-refractivity contribution is 7.89. The van der Waals surface area contributed by atoms with Crippen molar-refractivity contribution in [2.24, 2.45) is 0 Å². The zero-order valence-corrected chi connectivity index (χ0v) is 13.0. The monoisotopic (exact) mass is 344 g/mol. The van der Waals surface area contributed by atoms with Gasteiger partial charge in [-0.2, -0.15) is 0 Å². The van der Waals surface area contributed by atoms with Gasteiger partial charge in [-0.1, -0.05) is 23.4 Å². The highest BCUT2D eigenvalue weighted by Crippen LogP contribution is 2.26. The van der Waals surface area contributed by atoms with Gasteiger partial charge in [-0.25, -0.2) is 8.42 Å². The minimum absolute atomic E-state index is 0.0527. The van der Waals surface area contributed by atoms with Crippen LogP contribution in [0.1, 0.15) is 10.5 Å². The molecule has 3 rings (SSSR count). The number of rotatable bonds is 5. The molecule has 0 bridgehead atoms. The van der Waals surface area contributed by atoms with Gasteiger partial charge in [-0.3, -0.25) is 15.2 Å². The van der Waals surface area contributed by atoms with E-state index in [1.54, 1.807) is 36.4 Å². The summed E-state index contributed by atoms with van der Waals surface area (Å²) in [5.74, 6) is -0.372. The SMILES string of the molecule is O=C(NNS(=O)(=O)c1ccccc1-c1ccno1)c1ccccn1. The first kappa shape index (κ1) is 15.8. The lowest BCUT2D eigenvalue weighted by Crippen LogP contribution is -2.42. The van der Waals surface area contributed by atoms with Crippen molar-refractivity contribution in [1.29, 1.82) is 0 Å². The van der Waals surface area contributed by atoms with Crippen LogP contribution < -0.4 is 10.3 Å². The van der Waals surface area contributed by atoms with E-state index in [1.807, 2.05) is 4.83 Å².